The molecule has 1 rings (SSSR count). The minimum atomic E-state index is 0.987. The van der Waals surface area contributed by atoms with Gasteiger partial charge in [0.2, 0.25) is 0 Å². The van der Waals surface area contributed by atoms with E-state index in [1.54, 1.807) is 0 Å². The second-order valence-electron chi connectivity index (χ2n) is 1.93. The predicted octanol–water partition coefficient (Wildman–Crippen LogP) is 0.0588. The number of hydrazine groups is 1. The summed E-state index contributed by atoms with van der Waals surface area (Å²) >= 11 is 0. The molecule has 1 heterocycles. The van der Waals surface area contributed by atoms with E-state index < -0.39 is 0 Å². The van der Waals surface area contributed by atoms with Gasteiger partial charge in [0.05, 0.1) is 0 Å². The molecule has 9 heavy (non-hydrogen) atoms. The Morgan fingerprint density at radius 2 is 2.11 bits per heavy atom. The molecule has 3 nitrogen and oxygen atoms in total. The van der Waals surface area contributed by atoms with Crippen LogP contribution < -0.4 is 16.2 Å². The Hall–Kier alpha value is -1.12. The standard InChI is InChI=1S/C6H11N3/c1-5-3-4-6(7-2)9-8-5/h3-4,7-9H,1-2H3. The van der Waals surface area contributed by atoms with Crippen LogP contribution in [0, 0.1) is 0 Å². The summed E-state index contributed by atoms with van der Waals surface area (Å²) in [4.78, 5) is 0. The largest absolute Gasteiger partial charge is 0.374 e. The zero-order chi connectivity index (χ0) is 6.69. The Balaban J connectivity index is 2.59. The zero-order valence-corrected chi connectivity index (χ0v) is 5.65. The third-order valence-corrected chi connectivity index (χ3v) is 1.16. The summed E-state index contributed by atoms with van der Waals surface area (Å²) in [5.41, 5.74) is 7.03. The van der Waals surface area contributed by atoms with Crippen LogP contribution in [-0.2, 0) is 0 Å². The highest BCUT2D eigenvalue weighted by Crippen LogP contribution is 1.93. The van der Waals surface area contributed by atoms with Crippen molar-refractivity contribution in [2.45, 2.75) is 6.92 Å². The van der Waals surface area contributed by atoms with Gasteiger partial charge in [0, 0.05) is 12.7 Å². The molecule has 0 fully saturated rings. The molecule has 0 aromatic carbocycles. The molecule has 1 aliphatic rings. The van der Waals surface area contributed by atoms with Gasteiger partial charge in [0.15, 0.2) is 0 Å². The molecule has 0 spiro atoms. The maximum Gasteiger partial charge on any atom is 0.117 e. The van der Waals surface area contributed by atoms with E-state index in [1.165, 1.54) is 0 Å². The summed E-state index contributed by atoms with van der Waals surface area (Å²) in [6, 6.07) is 0. The molecule has 3 N–H and O–H groups in total. The Kier molecular flexibility index (Phi) is 1.63. The van der Waals surface area contributed by atoms with Crippen LogP contribution in [0.4, 0.5) is 0 Å². The molecule has 0 radical (unpaired) electrons. The quantitative estimate of drug-likeness (QED) is 0.463. The fourth-order valence-electron chi connectivity index (χ4n) is 0.603. The monoisotopic (exact) mass is 125 g/mol. The van der Waals surface area contributed by atoms with Crippen molar-refractivity contribution in [3.8, 4) is 0 Å². The topological polar surface area (TPSA) is 36.1 Å². The van der Waals surface area contributed by atoms with Crippen molar-refractivity contribution in [2.24, 2.45) is 0 Å². The van der Waals surface area contributed by atoms with Gasteiger partial charge >= 0.3 is 0 Å². The Morgan fingerprint density at radius 1 is 1.33 bits per heavy atom. The minimum Gasteiger partial charge on any atom is -0.374 e. The first kappa shape index (κ1) is 6.01. The van der Waals surface area contributed by atoms with Crippen LogP contribution in [0.5, 0.6) is 0 Å². The third kappa shape index (κ3) is 1.38. The van der Waals surface area contributed by atoms with E-state index in [-0.39, 0.29) is 0 Å². The van der Waals surface area contributed by atoms with Crippen LogP contribution in [-0.4, -0.2) is 7.05 Å². The second-order valence-corrected chi connectivity index (χ2v) is 1.93. The van der Waals surface area contributed by atoms with E-state index in [0.717, 1.165) is 11.5 Å². The average molecular weight is 125 g/mol. The molecule has 3 heteroatoms. The minimum absolute atomic E-state index is 0.987. The van der Waals surface area contributed by atoms with E-state index in [1.807, 2.05) is 26.1 Å². The molecule has 0 saturated carbocycles. The fourth-order valence-corrected chi connectivity index (χ4v) is 0.603. The highest BCUT2D eigenvalue weighted by molar-refractivity contribution is 5.17. The first-order valence-electron chi connectivity index (χ1n) is 2.91. The normalized spacial score (nSPS) is 16.7. The summed E-state index contributed by atoms with van der Waals surface area (Å²) in [5.74, 6) is 0.987. The number of hydrogen-bond donors (Lipinski definition) is 3. The van der Waals surface area contributed by atoms with Crippen LogP contribution in [0.25, 0.3) is 0 Å². The highest BCUT2D eigenvalue weighted by atomic mass is 15.4. The van der Waals surface area contributed by atoms with Gasteiger partial charge in [-0.1, -0.05) is 0 Å². The molecule has 0 atom stereocenters. The van der Waals surface area contributed by atoms with Gasteiger partial charge in [-0.25, -0.2) is 0 Å². The van der Waals surface area contributed by atoms with Crippen LogP contribution >= 0.6 is 0 Å². The number of allylic oxidation sites excluding steroid dienone is 3. The Bertz CT molecular complexity index is 158. The lowest BCUT2D eigenvalue weighted by molar-refractivity contribution is 0.634. The summed E-state index contributed by atoms with van der Waals surface area (Å²) in [6.07, 6.45) is 3.98. The first-order chi connectivity index (χ1) is 4.33. The van der Waals surface area contributed by atoms with Crippen LogP contribution in [0.15, 0.2) is 23.7 Å². The summed E-state index contributed by atoms with van der Waals surface area (Å²) in [5, 5.41) is 2.97. The van der Waals surface area contributed by atoms with Crippen molar-refractivity contribution < 1.29 is 0 Å². The van der Waals surface area contributed by atoms with Crippen molar-refractivity contribution in [3.05, 3.63) is 23.7 Å². The maximum atomic E-state index is 2.97. The van der Waals surface area contributed by atoms with Gasteiger partial charge in [-0.15, -0.1) is 0 Å². The third-order valence-electron chi connectivity index (χ3n) is 1.16. The van der Waals surface area contributed by atoms with Gasteiger partial charge in [-0.3, -0.25) is 5.43 Å². The van der Waals surface area contributed by atoms with Crippen molar-refractivity contribution in [3.63, 3.8) is 0 Å². The maximum absolute atomic E-state index is 2.97. The van der Waals surface area contributed by atoms with Gasteiger partial charge in [-0.2, -0.15) is 0 Å². The summed E-state index contributed by atoms with van der Waals surface area (Å²) in [6.45, 7) is 2.00. The first-order valence-corrected chi connectivity index (χ1v) is 2.91. The molecule has 0 amide bonds. The molecular weight excluding hydrogens is 114 g/mol. The smallest absolute Gasteiger partial charge is 0.117 e. The summed E-state index contributed by atoms with van der Waals surface area (Å²) in [7, 11) is 1.87. The lowest BCUT2D eigenvalue weighted by Crippen LogP contribution is -2.36. The van der Waals surface area contributed by atoms with Gasteiger partial charge in [0.25, 0.3) is 0 Å². The number of hydrogen-bond acceptors (Lipinski definition) is 3. The number of nitrogens with one attached hydrogen (secondary N) is 3. The van der Waals surface area contributed by atoms with Crippen LogP contribution in [0.1, 0.15) is 6.92 Å². The van der Waals surface area contributed by atoms with Gasteiger partial charge < -0.3 is 10.7 Å². The van der Waals surface area contributed by atoms with E-state index in [0.29, 0.717) is 0 Å². The van der Waals surface area contributed by atoms with Gasteiger partial charge in [0.1, 0.15) is 5.82 Å². The van der Waals surface area contributed by atoms with Crippen LogP contribution in [0.3, 0.4) is 0 Å². The molecule has 0 aromatic rings. The molecule has 1 aliphatic heterocycles. The molecule has 0 bridgehead atoms. The van der Waals surface area contributed by atoms with E-state index in [4.69, 9.17) is 0 Å². The highest BCUT2D eigenvalue weighted by Gasteiger charge is 1.94. The lowest BCUT2D eigenvalue weighted by atomic mass is 10.4. The second kappa shape index (κ2) is 2.44. The molecule has 0 aromatic heterocycles. The summed E-state index contributed by atoms with van der Waals surface area (Å²) < 4.78 is 0. The fraction of sp³-hybridized carbons (Fsp3) is 0.333. The SMILES string of the molecule is CNC1=CC=C(C)NN1. The molecular formula is C6H11N3. The average Bonchev–Trinajstić information content (AvgIpc) is 1.90. The molecule has 0 unspecified atom stereocenters. The van der Waals surface area contributed by atoms with E-state index in [2.05, 4.69) is 16.2 Å². The van der Waals surface area contributed by atoms with Crippen molar-refractivity contribution in [1.82, 2.24) is 16.2 Å². The van der Waals surface area contributed by atoms with Gasteiger partial charge in [-0.05, 0) is 19.1 Å². The van der Waals surface area contributed by atoms with Crippen molar-refractivity contribution in [2.75, 3.05) is 7.05 Å². The zero-order valence-electron chi connectivity index (χ0n) is 5.65. The predicted molar refractivity (Wildman–Crippen MR) is 37.2 cm³/mol. The number of rotatable bonds is 1. The molecule has 50 valence electrons. The van der Waals surface area contributed by atoms with Crippen molar-refractivity contribution in [1.29, 1.82) is 0 Å². The van der Waals surface area contributed by atoms with Crippen LogP contribution in [0.2, 0.25) is 0 Å². The lowest BCUT2D eigenvalue weighted by Gasteiger charge is -2.15. The van der Waals surface area contributed by atoms with E-state index >= 15 is 0 Å². The Labute approximate surface area is 54.8 Å². The van der Waals surface area contributed by atoms with Crippen molar-refractivity contribution >= 4 is 0 Å². The molecule has 0 aliphatic carbocycles. The molecule has 0 saturated heterocycles. The van der Waals surface area contributed by atoms with E-state index in [9.17, 15) is 0 Å². The Morgan fingerprint density at radius 3 is 2.56 bits per heavy atom.